The van der Waals surface area contributed by atoms with Crippen LogP contribution in [0.15, 0.2) is 96.7 Å². The van der Waals surface area contributed by atoms with Gasteiger partial charge >= 0.3 is 132 Å². The summed E-state index contributed by atoms with van der Waals surface area (Å²) in [4.78, 5) is 0.486. The predicted octanol–water partition coefficient (Wildman–Crippen LogP) is 5.12. The van der Waals surface area contributed by atoms with Gasteiger partial charge in [0.05, 0.1) is 0 Å². The summed E-state index contributed by atoms with van der Waals surface area (Å²) >= 11 is 1.83. The van der Waals surface area contributed by atoms with Gasteiger partial charge in [-0.15, -0.1) is 0 Å². The van der Waals surface area contributed by atoms with E-state index in [1.807, 2.05) is 14.4 Å². The normalized spacial score (nSPS) is 30.8. The van der Waals surface area contributed by atoms with Crippen LogP contribution >= 0.6 is 0 Å². The first-order valence-electron chi connectivity index (χ1n) is 7.41. The van der Waals surface area contributed by atoms with E-state index in [0.717, 1.165) is 0 Å². The summed E-state index contributed by atoms with van der Waals surface area (Å²) in [7, 11) is 0. The van der Waals surface area contributed by atoms with E-state index in [4.69, 9.17) is 0 Å². The van der Waals surface area contributed by atoms with Crippen LogP contribution in [-0.4, -0.2) is 0 Å². The molecule has 0 radical (unpaired) electrons. The fraction of sp³-hybridized carbons (Fsp3) is 0.200. The van der Waals surface area contributed by atoms with Gasteiger partial charge < -0.3 is 0 Å². The van der Waals surface area contributed by atoms with Gasteiger partial charge in [0.15, 0.2) is 0 Å². The molecule has 1 atom stereocenters. The topological polar surface area (TPSA) is 0 Å². The molecule has 0 N–H and O–H groups in total. The van der Waals surface area contributed by atoms with E-state index < -0.39 is 0 Å². The molecule has 4 rings (SSSR count). The second kappa shape index (κ2) is 5.31. The van der Waals surface area contributed by atoms with Crippen LogP contribution in [0.2, 0.25) is 9.27 Å². The Morgan fingerprint density at radius 1 is 0.714 bits per heavy atom. The van der Waals surface area contributed by atoms with Crippen molar-refractivity contribution in [1.82, 2.24) is 0 Å². The molecule has 0 heterocycles. The quantitative estimate of drug-likeness (QED) is 0.631. The van der Waals surface area contributed by atoms with Crippen LogP contribution in [0.5, 0.6) is 0 Å². The van der Waals surface area contributed by atoms with Crippen molar-refractivity contribution in [2.75, 3.05) is 0 Å². The molecule has 0 spiro atoms. The molecule has 4 aliphatic rings. The fourth-order valence-electron chi connectivity index (χ4n) is 3.27. The fourth-order valence-corrected chi connectivity index (χ4v) is 5.21. The van der Waals surface area contributed by atoms with Gasteiger partial charge in [-0.2, -0.15) is 0 Å². The standard InChI is InChI=1S/C15H13.C5H5.Ni/c1-2-7-12(6-1)14-10-5-11-15(14)13-8-3-4-9-13;1-2-4-5-3-1;/h1-13H;1-5H;. The molecule has 0 aromatic heterocycles. The van der Waals surface area contributed by atoms with Crippen LogP contribution in [-0.2, 0) is 14.4 Å². The van der Waals surface area contributed by atoms with Gasteiger partial charge in [0.2, 0.25) is 0 Å². The van der Waals surface area contributed by atoms with E-state index in [1.54, 1.807) is 0 Å². The van der Waals surface area contributed by atoms with Crippen molar-refractivity contribution >= 4 is 0 Å². The van der Waals surface area contributed by atoms with Crippen molar-refractivity contribution in [3.63, 3.8) is 0 Å². The number of hydrogen-bond donors (Lipinski definition) is 0. The summed E-state index contributed by atoms with van der Waals surface area (Å²) in [6.07, 6.45) is 33.9. The number of allylic oxidation sites excluding steroid dienone is 16. The first-order valence-corrected chi connectivity index (χ1v) is 8.48. The van der Waals surface area contributed by atoms with Crippen LogP contribution in [0.25, 0.3) is 0 Å². The molecule has 0 saturated heterocycles. The second-order valence-corrected chi connectivity index (χ2v) is 7.31. The van der Waals surface area contributed by atoms with Crippen molar-refractivity contribution in [2.24, 2.45) is 11.8 Å². The molecule has 108 valence electrons. The predicted molar refractivity (Wildman–Crippen MR) is 85.5 cm³/mol. The minimum absolute atomic E-state index is 0.0594. The Bertz CT molecular complexity index is 630. The molecule has 4 aliphatic carbocycles. The molecule has 0 aromatic carbocycles. The minimum atomic E-state index is 0.0594. The zero-order valence-electron chi connectivity index (χ0n) is 11.7. The molecule has 0 amide bonds. The third kappa shape index (κ3) is 2.21. The molecule has 0 bridgehead atoms. The Balaban J connectivity index is 1.72. The van der Waals surface area contributed by atoms with Gasteiger partial charge in [0.1, 0.15) is 0 Å². The molecule has 1 unspecified atom stereocenters. The third-order valence-electron chi connectivity index (χ3n) is 4.28. The molecular formula is C20H18Ni. The maximum atomic E-state index is 2.41. The Kier molecular flexibility index (Phi) is 3.32. The molecule has 0 fully saturated rings. The van der Waals surface area contributed by atoms with E-state index in [9.17, 15) is 0 Å². The summed E-state index contributed by atoms with van der Waals surface area (Å²) in [5.41, 5.74) is 1.52. The number of hydrogen-bond acceptors (Lipinski definition) is 0. The van der Waals surface area contributed by atoms with Crippen LogP contribution in [0, 0.1) is 11.8 Å². The first kappa shape index (κ1) is 13.1. The zero-order chi connectivity index (χ0) is 14.1. The van der Waals surface area contributed by atoms with Crippen LogP contribution in [0.4, 0.5) is 0 Å². The summed E-state index contributed by atoms with van der Waals surface area (Å²) < 4.78 is 0.0594. The summed E-state index contributed by atoms with van der Waals surface area (Å²) in [6, 6.07) is 0. The molecule has 0 saturated carbocycles. The zero-order valence-corrected chi connectivity index (χ0v) is 12.7. The van der Waals surface area contributed by atoms with E-state index >= 15 is 0 Å². The summed E-state index contributed by atoms with van der Waals surface area (Å²) in [6.45, 7) is 0. The Hall–Kier alpha value is -1.59. The summed E-state index contributed by atoms with van der Waals surface area (Å²) in [5, 5.41) is 0. The van der Waals surface area contributed by atoms with E-state index in [0.29, 0.717) is 16.7 Å². The van der Waals surface area contributed by atoms with Crippen molar-refractivity contribution in [1.29, 1.82) is 0 Å². The van der Waals surface area contributed by atoms with Crippen LogP contribution in [0.3, 0.4) is 0 Å². The van der Waals surface area contributed by atoms with Gasteiger partial charge in [-0.3, -0.25) is 0 Å². The van der Waals surface area contributed by atoms with Gasteiger partial charge in [-0.1, -0.05) is 0 Å². The van der Waals surface area contributed by atoms with Gasteiger partial charge in [0, 0.05) is 0 Å². The summed E-state index contributed by atoms with van der Waals surface area (Å²) in [5.74, 6) is 0.891. The molecule has 21 heavy (non-hydrogen) atoms. The monoisotopic (exact) mass is 316 g/mol. The molecule has 1 heteroatoms. The van der Waals surface area contributed by atoms with Gasteiger partial charge in [-0.05, 0) is 0 Å². The Morgan fingerprint density at radius 2 is 1.33 bits per heavy atom. The van der Waals surface area contributed by atoms with Crippen LogP contribution < -0.4 is 0 Å². The third-order valence-corrected chi connectivity index (χ3v) is 6.24. The molecule has 0 aromatic rings. The van der Waals surface area contributed by atoms with Crippen molar-refractivity contribution in [3.8, 4) is 0 Å². The van der Waals surface area contributed by atoms with E-state index in [1.165, 1.54) is 5.57 Å². The van der Waals surface area contributed by atoms with Gasteiger partial charge in [-0.25, -0.2) is 0 Å². The number of rotatable bonds is 4. The maximum absolute atomic E-state index is 2.41. The second-order valence-electron chi connectivity index (χ2n) is 5.55. The van der Waals surface area contributed by atoms with Crippen molar-refractivity contribution < 1.29 is 14.4 Å². The molecule has 0 aliphatic heterocycles. The molecular weight excluding hydrogens is 299 g/mol. The Labute approximate surface area is 132 Å². The molecule has 0 nitrogen and oxygen atoms in total. The average Bonchev–Trinajstić information content (AvgIpc) is 3.28. The SMILES string of the molecule is C1=C[CH]([Ni][C]2(C3C=CC=C3)C=CC=C2C2C=CC=C2)C=C1. The van der Waals surface area contributed by atoms with Crippen LogP contribution in [0.1, 0.15) is 0 Å². The van der Waals surface area contributed by atoms with E-state index in [2.05, 4.69) is 91.1 Å². The van der Waals surface area contributed by atoms with Crippen molar-refractivity contribution in [2.45, 2.75) is 9.27 Å². The van der Waals surface area contributed by atoms with Crippen molar-refractivity contribution in [3.05, 3.63) is 96.7 Å². The van der Waals surface area contributed by atoms with E-state index in [-0.39, 0.29) is 4.38 Å². The average molecular weight is 317 g/mol. The first-order chi connectivity index (χ1) is 10.4. The Morgan fingerprint density at radius 3 is 2.05 bits per heavy atom. The van der Waals surface area contributed by atoms with Gasteiger partial charge in [0.25, 0.3) is 0 Å².